The first-order valence-corrected chi connectivity index (χ1v) is 6.64. The summed E-state index contributed by atoms with van der Waals surface area (Å²) in [6.45, 7) is 0. The highest BCUT2D eigenvalue weighted by Crippen LogP contribution is 2.25. The van der Waals surface area contributed by atoms with Crippen molar-refractivity contribution in [3.05, 3.63) is 60.4 Å². The van der Waals surface area contributed by atoms with E-state index in [0.717, 1.165) is 5.69 Å². The van der Waals surface area contributed by atoms with Crippen LogP contribution in [-0.4, -0.2) is 9.97 Å². The molecule has 110 valence electrons. The van der Waals surface area contributed by atoms with Crippen LogP contribution in [0, 0.1) is 5.82 Å². The zero-order chi connectivity index (χ0) is 15.5. The Morgan fingerprint density at radius 1 is 0.909 bits per heavy atom. The molecule has 0 atom stereocenters. The van der Waals surface area contributed by atoms with Crippen molar-refractivity contribution < 1.29 is 4.39 Å². The minimum absolute atomic E-state index is 0.0911. The van der Waals surface area contributed by atoms with E-state index < -0.39 is 5.82 Å². The van der Waals surface area contributed by atoms with Gasteiger partial charge < -0.3 is 16.8 Å². The molecule has 0 amide bonds. The molecule has 0 radical (unpaired) electrons. The molecule has 0 spiro atoms. The van der Waals surface area contributed by atoms with Gasteiger partial charge in [-0.15, -0.1) is 0 Å². The number of hydrogen-bond acceptors (Lipinski definition) is 5. The average Bonchev–Trinajstić information content (AvgIpc) is 2.50. The largest absolute Gasteiger partial charge is 0.396 e. The Hall–Kier alpha value is -3.15. The van der Waals surface area contributed by atoms with Crippen LogP contribution in [0.1, 0.15) is 0 Å². The van der Waals surface area contributed by atoms with Gasteiger partial charge in [0, 0.05) is 17.3 Å². The predicted octanol–water partition coefficient (Wildman–Crippen LogP) is 3.19. The fourth-order valence-electron chi connectivity index (χ4n) is 2.03. The van der Waals surface area contributed by atoms with Crippen LogP contribution in [0.3, 0.4) is 0 Å². The third-order valence-corrected chi connectivity index (χ3v) is 3.09. The van der Waals surface area contributed by atoms with Crippen molar-refractivity contribution in [2.75, 3.05) is 16.8 Å². The van der Waals surface area contributed by atoms with E-state index >= 15 is 0 Å². The summed E-state index contributed by atoms with van der Waals surface area (Å²) in [7, 11) is 0. The first-order valence-electron chi connectivity index (χ1n) is 6.64. The summed E-state index contributed by atoms with van der Waals surface area (Å²) < 4.78 is 13.6. The van der Waals surface area contributed by atoms with Crippen LogP contribution in [-0.2, 0) is 0 Å². The van der Waals surface area contributed by atoms with E-state index in [0.29, 0.717) is 17.1 Å². The van der Waals surface area contributed by atoms with Crippen molar-refractivity contribution in [1.29, 1.82) is 0 Å². The Morgan fingerprint density at radius 2 is 1.68 bits per heavy atom. The van der Waals surface area contributed by atoms with E-state index in [1.54, 1.807) is 12.1 Å². The molecule has 5 nitrogen and oxygen atoms in total. The van der Waals surface area contributed by atoms with Crippen LogP contribution < -0.4 is 16.8 Å². The van der Waals surface area contributed by atoms with Gasteiger partial charge in [0.1, 0.15) is 11.6 Å². The zero-order valence-corrected chi connectivity index (χ0v) is 11.6. The van der Waals surface area contributed by atoms with E-state index in [1.807, 2.05) is 30.3 Å². The summed E-state index contributed by atoms with van der Waals surface area (Å²) in [5, 5.41) is 3.13. The van der Waals surface area contributed by atoms with Gasteiger partial charge in [-0.25, -0.2) is 9.37 Å². The number of nitrogens with one attached hydrogen (secondary N) is 1. The number of nitrogens with zero attached hydrogens (tertiary/aromatic N) is 2. The molecule has 0 saturated heterocycles. The van der Waals surface area contributed by atoms with Gasteiger partial charge in [-0.3, -0.25) is 0 Å². The van der Waals surface area contributed by atoms with E-state index in [9.17, 15) is 4.39 Å². The third kappa shape index (κ3) is 2.95. The van der Waals surface area contributed by atoms with Crippen LogP contribution >= 0.6 is 0 Å². The highest BCUT2D eigenvalue weighted by molar-refractivity contribution is 5.68. The summed E-state index contributed by atoms with van der Waals surface area (Å²) in [6, 6.07) is 15.7. The number of hydrogen-bond donors (Lipinski definition) is 3. The molecule has 2 aromatic carbocycles. The number of aromatic nitrogens is 2. The second-order valence-electron chi connectivity index (χ2n) is 4.72. The maximum atomic E-state index is 13.6. The van der Waals surface area contributed by atoms with Gasteiger partial charge in [0.25, 0.3) is 0 Å². The number of anilines is 4. The standard InChI is InChI=1S/C16H14FN5/c17-12-8-10(6-7-13(12)18)14-9-15(22-16(19)21-14)20-11-4-2-1-3-5-11/h1-9H,18H2,(H3,19,20,21,22). The smallest absolute Gasteiger partial charge is 0.222 e. The highest BCUT2D eigenvalue weighted by atomic mass is 19.1. The van der Waals surface area contributed by atoms with Crippen LogP contribution in [0.15, 0.2) is 54.6 Å². The molecule has 0 aliphatic carbocycles. The first kappa shape index (κ1) is 13.8. The van der Waals surface area contributed by atoms with Gasteiger partial charge in [-0.1, -0.05) is 24.3 Å². The van der Waals surface area contributed by atoms with Gasteiger partial charge in [0.15, 0.2) is 0 Å². The van der Waals surface area contributed by atoms with Crippen LogP contribution in [0.5, 0.6) is 0 Å². The molecule has 6 heteroatoms. The van der Waals surface area contributed by atoms with Crippen molar-refractivity contribution in [3.63, 3.8) is 0 Å². The van der Waals surface area contributed by atoms with E-state index in [4.69, 9.17) is 11.5 Å². The van der Waals surface area contributed by atoms with Crippen molar-refractivity contribution in [2.24, 2.45) is 0 Å². The van der Waals surface area contributed by atoms with Gasteiger partial charge in [-0.2, -0.15) is 4.98 Å². The maximum absolute atomic E-state index is 13.6. The molecule has 5 N–H and O–H groups in total. The minimum atomic E-state index is -0.493. The first-order chi connectivity index (χ1) is 10.6. The second-order valence-corrected chi connectivity index (χ2v) is 4.72. The molecule has 0 aliphatic heterocycles. The number of halogens is 1. The number of nitrogens with two attached hydrogens (primary N) is 2. The fourth-order valence-corrected chi connectivity index (χ4v) is 2.03. The van der Waals surface area contributed by atoms with Crippen LogP contribution in [0.2, 0.25) is 0 Å². The van der Waals surface area contributed by atoms with Crippen LogP contribution in [0.4, 0.5) is 27.5 Å². The van der Waals surface area contributed by atoms with Crippen LogP contribution in [0.25, 0.3) is 11.3 Å². The van der Waals surface area contributed by atoms with E-state index in [-0.39, 0.29) is 11.6 Å². The lowest BCUT2D eigenvalue weighted by atomic mass is 10.1. The topological polar surface area (TPSA) is 89.8 Å². The Balaban J connectivity index is 1.97. The summed E-state index contributed by atoms with van der Waals surface area (Å²) >= 11 is 0. The Kier molecular flexibility index (Phi) is 3.57. The van der Waals surface area contributed by atoms with E-state index in [2.05, 4.69) is 15.3 Å². The number of para-hydroxylation sites is 1. The molecular formula is C16H14FN5. The fraction of sp³-hybridized carbons (Fsp3) is 0. The molecule has 1 heterocycles. The van der Waals surface area contributed by atoms with Crippen molar-refractivity contribution in [1.82, 2.24) is 9.97 Å². The van der Waals surface area contributed by atoms with Crippen molar-refractivity contribution >= 4 is 23.1 Å². The molecule has 0 unspecified atom stereocenters. The summed E-state index contributed by atoms with van der Waals surface area (Å²) in [6.07, 6.45) is 0. The Labute approximate surface area is 126 Å². The summed E-state index contributed by atoms with van der Waals surface area (Å²) in [5.74, 6) is 0.145. The van der Waals surface area contributed by atoms with Gasteiger partial charge in [0.2, 0.25) is 5.95 Å². The van der Waals surface area contributed by atoms with Crippen molar-refractivity contribution in [3.8, 4) is 11.3 Å². The lowest BCUT2D eigenvalue weighted by molar-refractivity contribution is 0.633. The molecule has 0 saturated carbocycles. The Morgan fingerprint density at radius 3 is 2.41 bits per heavy atom. The number of rotatable bonds is 3. The number of benzene rings is 2. The summed E-state index contributed by atoms with van der Waals surface area (Å²) in [5.41, 5.74) is 13.3. The normalized spacial score (nSPS) is 10.4. The maximum Gasteiger partial charge on any atom is 0.222 e. The van der Waals surface area contributed by atoms with Gasteiger partial charge in [-0.05, 0) is 24.3 Å². The zero-order valence-electron chi connectivity index (χ0n) is 11.6. The molecule has 3 rings (SSSR count). The van der Waals surface area contributed by atoms with Gasteiger partial charge in [0.05, 0.1) is 11.4 Å². The monoisotopic (exact) mass is 295 g/mol. The molecule has 22 heavy (non-hydrogen) atoms. The predicted molar refractivity (Wildman–Crippen MR) is 86.0 cm³/mol. The van der Waals surface area contributed by atoms with Crippen molar-refractivity contribution in [2.45, 2.75) is 0 Å². The quantitative estimate of drug-likeness (QED) is 0.646. The highest BCUT2D eigenvalue weighted by Gasteiger charge is 2.08. The SMILES string of the molecule is Nc1nc(Nc2ccccc2)cc(-c2ccc(N)c(F)c2)n1. The molecular weight excluding hydrogens is 281 g/mol. The Bertz CT molecular complexity index is 805. The molecule has 0 bridgehead atoms. The lowest BCUT2D eigenvalue weighted by Crippen LogP contribution is -2.01. The second kappa shape index (κ2) is 5.69. The molecule has 3 aromatic rings. The third-order valence-electron chi connectivity index (χ3n) is 3.09. The average molecular weight is 295 g/mol. The lowest BCUT2D eigenvalue weighted by Gasteiger charge is -2.09. The summed E-state index contributed by atoms with van der Waals surface area (Å²) in [4.78, 5) is 8.27. The number of nitrogen functional groups attached to an aromatic ring is 2. The molecule has 0 aliphatic rings. The molecule has 1 aromatic heterocycles. The van der Waals surface area contributed by atoms with E-state index in [1.165, 1.54) is 12.1 Å². The van der Waals surface area contributed by atoms with Gasteiger partial charge >= 0.3 is 0 Å². The minimum Gasteiger partial charge on any atom is -0.396 e. The molecule has 0 fully saturated rings.